The Hall–Kier alpha value is -0.120. The predicted molar refractivity (Wildman–Crippen MR) is 71.3 cm³/mol. The number of hydrogen-bond acceptors (Lipinski definition) is 3. The summed E-state index contributed by atoms with van der Waals surface area (Å²) in [5, 5.41) is 7.18. The van der Waals surface area contributed by atoms with Crippen LogP contribution in [-0.4, -0.2) is 38.9 Å². The van der Waals surface area contributed by atoms with Crippen molar-refractivity contribution in [2.45, 2.75) is 51.5 Å². The first-order chi connectivity index (χ1) is 8.35. The smallest absolute Gasteiger partial charge is 0.0620 e. The van der Waals surface area contributed by atoms with Crippen LogP contribution >= 0.6 is 0 Å². The van der Waals surface area contributed by atoms with Gasteiger partial charge in [0, 0.05) is 19.1 Å². The molecule has 1 saturated heterocycles. The van der Waals surface area contributed by atoms with E-state index in [1.54, 1.807) is 0 Å². The van der Waals surface area contributed by atoms with Gasteiger partial charge in [0.1, 0.15) is 0 Å². The molecule has 0 bridgehead atoms. The zero-order chi connectivity index (χ0) is 12.0. The van der Waals surface area contributed by atoms with Crippen LogP contribution in [0.5, 0.6) is 0 Å². The number of hydrogen-bond donors (Lipinski definition) is 2. The molecule has 1 atom stereocenters. The zero-order valence-electron chi connectivity index (χ0n) is 11.3. The van der Waals surface area contributed by atoms with Crippen LogP contribution in [0.3, 0.4) is 0 Å². The topological polar surface area (TPSA) is 33.3 Å². The van der Waals surface area contributed by atoms with Crippen molar-refractivity contribution in [3.8, 4) is 0 Å². The van der Waals surface area contributed by atoms with Crippen LogP contribution in [0, 0.1) is 5.41 Å². The first kappa shape index (κ1) is 13.3. The van der Waals surface area contributed by atoms with E-state index in [0.29, 0.717) is 11.5 Å². The Morgan fingerprint density at radius 2 is 2.18 bits per heavy atom. The molecule has 1 saturated carbocycles. The van der Waals surface area contributed by atoms with Gasteiger partial charge in [-0.1, -0.05) is 19.8 Å². The van der Waals surface area contributed by atoms with E-state index >= 15 is 0 Å². The molecular weight excluding hydrogens is 212 g/mol. The van der Waals surface area contributed by atoms with Crippen LogP contribution in [0.25, 0.3) is 0 Å². The van der Waals surface area contributed by atoms with Crippen LogP contribution in [0.15, 0.2) is 0 Å². The predicted octanol–water partition coefficient (Wildman–Crippen LogP) is 1.92. The van der Waals surface area contributed by atoms with Gasteiger partial charge in [0.05, 0.1) is 13.2 Å². The standard InChI is InChI=1S/C14H28N2O/c1-2-14(6-3-4-7-14)12-15-8-5-13-11-17-10-9-16-13/h13,15-16H,2-12H2,1H3. The Bertz CT molecular complexity index is 208. The van der Waals surface area contributed by atoms with Gasteiger partial charge >= 0.3 is 0 Å². The van der Waals surface area contributed by atoms with E-state index in [1.807, 2.05) is 0 Å². The quantitative estimate of drug-likeness (QED) is 0.696. The molecule has 2 N–H and O–H groups in total. The van der Waals surface area contributed by atoms with Crippen molar-refractivity contribution in [1.82, 2.24) is 10.6 Å². The van der Waals surface area contributed by atoms with Gasteiger partial charge in [0.15, 0.2) is 0 Å². The fourth-order valence-electron chi connectivity index (χ4n) is 3.22. The Morgan fingerprint density at radius 1 is 1.35 bits per heavy atom. The zero-order valence-corrected chi connectivity index (χ0v) is 11.3. The van der Waals surface area contributed by atoms with Crippen LogP contribution in [0.2, 0.25) is 0 Å². The normalized spacial score (nSPS) is 28.4. The molecule has 3 nitrogen and oxygen atoms in total. The monoisotopic (exact) mass is 240 g/mol. The molecule has 0 aromatic carbocycles. The van der Waals surface area contributed by atoms with Gasteiger partial charge in [-0.05, 0) is 37.6 Å². The second kappa shape index (κ2) is 6.72. The van der Waals surface area contributed by atoms with Gasteiger partial charge in [0.2, 0.25) is 0 Å². The molecule has 2 rings (SSSR count). The highest BCUT2D eigenvalue weighted by atomic mass is 16.5. The summed E-state index contributed by atoms with van der Waals surface area (Å²) in [6, 6.07) is 0.567. The summed E-state index contributed by atoms with van der Waals surface area (Å²) in [5.41, 5.74) is 0.622. The second-order valence-corrected chi connectivity index (χ2v) is 5.75. The summed E-state index contributed by atoms with van der Waals surface area (Å²) in [6.45, 7) is 7.48. The van der Waals surface area contributed by atoms with Crippen molar-refractivity contribution >= 4 is 0 Å². The van der Waals surface area contributed by atoms with Crippen LogP contribution in [-0.2, 0) is 4.74 Å². The van der Waals surface area contributed by atoms with E-state index in [1.165, 1.54) is 45.1 Å². The molecule has 0 aromatic rings. The molecule has 100 valence electrons. The van der Waals surface area contributed by atoms with Crippen molar-refractivity contribution in [1.29, 1.82) is 0 Å². The van der Waals surface area contributed by atoms with E-state index in [2.05, 4.69) is 17.6 Å². The van der Waals surface area contributed by atoms with Crippen molar-refractivity contribution in [2.24, 2.45) is 5.41 Å². The van der Waals surface area contributed by atoms with Gasteiger partial charge in [-0.15, -0.1) is 0 Å². The van der Waals surface area contributed by atoms with Crippen molar-refractivity contribution in [2.75, 3.05) is 32.8 Å². The van der Waals surface area contributed by atoms with Gasteiger partial charge < -0.3 is 15.4 Å². The SMILES string of the molecule is CCC1(CNCCC2COCCN2)CCCC1. The number of ether oxygens (including phenoxy) is 1. The third-order valence-corrected chi connectivity index (χ3v) is 4.58. The largest absolute Gasteiger partial charge is 0.379 e. The molecule has 1 unspecified atom stereocenters. The van der Waals surface area contributed by atoms with E-state index < -0.39 is 0 Å². The minimum Gasteiger partial charge on any atom is -0.379 e. The Kier molecular flexibility index (Phi) is 5.26. The van der Waals surface area contributed by atoms with Gasteiger partial charge in [-0.25, -0.2) is 0 Å². The first-order valence-electron chi connectivity index (χ1n) is 7.36. The summed E-state index contributed by atoms with van der Waals surface area (Å²) in [5.74, 6) is 0. The van der Waals surface area contributed by atoms with E-state index in [-0.39, 0.29) is 0 Å². The van der Waals surface area contributed by atoms with Crippen LogP contribution in [0.1, 0.15) is 45.4 Å². The van der Waals surface area contributed by atoms with Crippen molar-refractivity contribution < 1.29 is 4.74 Å². The minimum atomic E-state index is 0.567. The molecule has 2 fully saturated rings. The summed E-state index contributed by atoms with van der Waals surface area (Å²) < 4.78 is 5.46. The van der Waals surface area contributed by atoms with Crippen molar-refractivity contribution in [3.63, 3.8) is 0 Å². The minimum absolute atomic E-state index is 0.567. The molecule has 1 aliphatic carbocycles. The Morgan fingerprint density at radius 3 is 2.82 bits per heavy atom. The van der Waals surface area contributed by atoms with E-state index in [4.69, 9.17) is 4.74 Å². The highest BCUT2D eigenvalue weighted by Gasteiger charge is 2.31. The lowest BCUT2D eigenvalue weighted by Gasteiger charge is -2.29. The maximum atomic E-state index is 5.46. The summed E-state index contributed by atoms with van der Waals surface area (Å²) in [7, 11) is 0. The van der Waals surface area contributed by atoms with Crippen molar-refractivity contribution in [3.05, 3.63) is 0 Å². The summed E-state index contributed by atoms with van der Waals surface area (Å²) in [4.78, 5) is 0. The molecule has 3 heteroatoms. The lowest BCUT2D eigenvalue weighted by Crippen LogP contribution is -2.43. The molecule has 2 aliphatic rings. The molecular formula is C14H28N2O. The number of morpholine rings is 1. The van der Waals surface area contributed by atoms with Crippen LogP contribution < -0.4 is 10.6 Å². The average molecular weight is 240 g/mol. The Labute approximate surface area is 106 Å². The molecule has 0 radical (unpaired) electrons. The van der Waals surface area contributed by atoms with Gasteiger partial charge in [-0.3, -0.25) is 0 Å². The highest BCUT2D eigenvalue weighted by Crippen LogP contribution is 2.40. The molecule has 1 aliphatic heterocycles. The number of rotatable bonds is 6. The molecule has 0 aromatic heterocycles. The molecule has 1 heterocycles. The van der Waals surface area contributed by atoms with Gasteiger partial charge in [0.25, 0.3) is 0 Å². The third-order valence-electron chi connectivity index (χ3n) is 4.58. The van der Waals surface area contributed by atoms with Gasteiger partial charge in [-0.2, -0.15) is 0 Å². The molecule has 17 heavy (non-hydrogen) atoms. The van der Waals surface area contributed by atoms with E-state index in [0.717, 1.165) is 26.3 Å². The molecule has 0 spiro atoms. The van der Waals surface area contributed by atoms with Crippen LogP contribution in [0.4, 0.5) is 0 Å². The molecule has 0 amide bonds. The average Bonchev–Trinajstić information content (AvgIpc) is 2.85. The maximum Gasteiger partial charge on any atom is 0.0620 e. The Balaban J connectivity index is 1.58. The third kappa shape index (κ3) is 3.94. The van der Waals surface area contributed by atoms with E-state index in [9.17, 15) is 0 Å². The summed E-state index contributed by atoms with van der Waals surface area (Å²) in [6.07, 6.45) is 8.27. The fourth-order valence-corrected chi connectivity index (χ4v) is 3.22. The fraction of sp³-hybridized carbons (Fsp3) is 1.00. The maximum absolute atomic E-state index is 5.46. The second-order valence-electron chi connectivity index (χ2n) is 5.75. The number of nitrogens with one attached hydrogen (secondary N) is 2. The lowest BCUT2D eigenvalue weighted by molar-refractivity contribution is 0.0739. The first-order valence-corrected chi connectivity index (χ1v) is 7.36. The lowest BCUT2D eigenvalue weighted by atomic mass is 9.83. The summed E-state index contributed by atoms with van der Waals surface area (Å²) >= 11 is 0. The highest BCUT2D eigenvalue weighted by molar-refractivity contribution is 4.85.